The molecule has 4 atom stereocenters. The molecule has 0 aromatic rings. The van der Waals surface area contributed by atoms with Crippen LogP contribution in [0.3, 0.4) is 0 Å². The lowest BCUT2D eigenvalue weighted by atomic mass is 9.46. The number of carbonyl (C=O) groups excluding carboxylic acids is 1. The minimum absolute atomic E-state index is 0.0936. The molecular formula is C21H32O4. The van der Waals surface area contributed by atoms with Gasteiger partial charge in [0.05, 0.1) is 7.11 Å². The summed E-state index contributed by atoms with van der Waals surface area (Å²) in [5.41, 5.74) is 1.59. The molecule has 0 radical (unpaired) electrons. The van der Waals surface area contributed by atoms with Crippen LogP contribution in [0.15, 0.2) is 23.3 Å². The van der Waals surface area contributed by atoms with Gasteiger partial charge in [0.25, 0.3) is 0 Å². The van der Waals surface area contributed by atoms with Gasteiger partial charge in [0, 0.05) is 0 Å². The van der Waals surface area contributed by atoms with Gasteiger partial charge in [-0.15, -0.1) is 0 Å². The summed E-state index contributed by atoms with van der Waals surface area (Å²) >= 11 is 0. The van der Waals surface area contributed by atoms with Gasteiger partial charge in [0.1, 0.15) is 5.41 Å². The molecule has 1 unspecified atom stereocenters. The van der Waals surface area contributed by atoms with Crippen molar-refractivity contribution in [1.82, 2.24) is 0 Å². The zero-order valence-corrected chi connectivity index (χ0v) is 15.9. The molecule has 0 heterocycles. The standard InChI is InChI=1S/C21H32O4/c1-13(2)14-6-8-16-15(12-14)7-9-17-20(16,3)10-5-11-21(17,18(22)23)19(24)25-4/h7,12-13,16-18,22-23H,5-6,8-11H2,1-4H3/t16-,17?,20-,21+/m1/s1. The van der Waals surface area contributed by atoms with Crippen molar-refractivity contribution in [2.45, 2.75) is 65.6 Å². The van der Waals surface area contributed by atoms with Gasteiger partial charge in [-0.25, -0.2) is 0 Å². The molecular weight excluding hydrogens is 316 g/mol. The van der Waals surface area contributed by atoms with Crippen molar-refractivity contribution in [2.75, 3.05) is 7.11 Å². The second-order valence-electron chi connectivity index (χ2n) is 8.72. The Morgan fingerprint density at radius 1 is 1.32 bits per heavy atom. The average molecular weight is 348 g/mol. The van der Waals surface area contributed by atoms with Gasteiger partial charge in [0.2, 0.25) is 0 Å². The van der Waals surface area contributed by atoms with Crippen molar-refractivity contribution < 1.29 is 19.7 Å². The fraction of sp³-hybridized carbons (Fsp3) is 0.762. The zero-order valence-electron chi connectivity index (χ0n) is 15.9. The third kappa shape index (κ3) is 2.69. The normalized spacial score (nSPS) is 37.9. The van der Waals surface area contributed by atoms with Gasteiger partial charge < -0.3 is 14.9 Å². The first-order valence-electron chi connectivity index (χ1n) is 9.62. The number of carbonyl (C=O) groups is 1. The van der Waals surface area contributed by atoms with Crippen molar-refractivity contribution in [2.24, 2.45) is 28.6 Å². The zero-order chi connectivity index (χ0) is 18.4. The molecule has 3 aliphatic rings. The number of hydrogen-bond acceptors (Lipinski definition) is 4. The summed E-state index contributed by atoms with van der Waals surface area (Å²) in [5, 5.41) is 20.4. The van der Waals surface area contributed by atoms with Crippen LogP contribution in [0.2, 0.25) is 0 Å². The molecule has 3 rings (SSSR count). The van der Waals surface area contributed by atoms with Gasteiger partial charge in [0.15, 0.2) is 6.29 Å². The maximum atomic E-state index is 12.7. The van der Waals surface area contributed by atoms with E-state index >= 15 is 0 Å². The Hall–Kier alpha value is -1.13. The minimum Gasteiger partial charge on any atom is -0.468 e. The predicted molar refractivity (Wildman–Crippen MR) is 96.5 cm³/mol. The summed E-state index contributed by atoms with van der Waals surface area (Å²) < 4.78 is 5.04. The van der Waals surface area contributed by atoms with E-state index in [1.807, 2.05) is 0 Å². The van der Waals surface area contributed by atoms with Crippen LogP contribution in [0.5, 0.6) is 0 Å². The SMILES string of the molecule is COC(=O)[C@@]1(C(O)O)CCC[C@@]2(C)C1CC=C1C=C(C(C)C)CC[C@H]12. The fourth-order valence-corrected chi connectivity index (χ4v) is 5.93. The smallest absolute Gasteiger partial charge is 0.317 e. The number of ether oxygens (including phenoxy) is 1. The lowest BCUT2D eigenvalue weighted by Crippen LogP contribution is -2.59. The number of aliphatic hydroxyl groups excluding tert-OH is 1. The Labute approximate surface area is 151 Å². The van der Waals surface area contributed by atoms with E-state index < -0.39 is 17.7 Å². The molecule has 0 bridgehead atoms. The van der Waals surface area contributed by atoms with E-state index in [2.05, 4.69) is 32.9 Å². The van der Waals surface area contributed by atoms with E-state index in [4.69, 9.17) is 4.74 Å². The third-order valence-electron chi connectivity index (χ3n) is 7.35. The molecule has 25 heavy (non-hydrogen) atoms. The van der Waals surface area contributed by atoms with Crippen LogP contribution in [0.1, 0.15) is 59.3 Å². The summed E-state index contributed by atoms with van der Waals surface area (Å²) in [6, 6.07) is 0. The molecule has 3 aliphatic carbocycles. The third-order valence-corrected chi connectivity index (χ3v) is 7.35. The maximum absolute atomic E-state index is 12.7. The minimum atomic E-state index is -1.68. The molecule has 0 saturated heterocycles. The van der Waals surface area contributed by atoms with E-state index in [9.17, 15) is 15.0 Å². The van der Waals surface area contributed by atoms with Crippen molar-refractivity contribution in [1.29, 1.82) is 0 Å². The Morgan fingerprint density at radius 3 is 2.64 bits per heavy atom. The Balaban J connectivity index is 2.05. The van der Waals surface area contributed by atoms with Crippen LogP contribution < -0.4 is 0 Å². The lowest BCUT2D eigenvalue weighted by molar-refractivity contribution is -0.221. The molecule has 4 nitrogen and oxygen atoms in total. The highest BCUT2D eigenvalue weighted by molar-refractivity contribution is 5.78. The quantitative estimate of drug-likeness (QED) is 0.604. The number of aliphatic hydroxyl groups is 2. The molecule has 0 amide bonds. The number of rotatable bonds is 3. The number of allylic oxidation sites excluding steroid dienone is 4. The second kappa shape index (κ2) is 6.55. The highest BCUT2D eigenvalue weighted by atomic mass is 16.5. The first kappa shape index (κ1) is 18.7. The molecule has 0 aromatic heterocycles. The number of esters is 1. The summed E-state index contributed by atoms with van der Waals surface area (Å²) in [5.74, 6) is 0.387. The van der Waals surface area contributed by atoms with E-state index in [-0.39, 0.29) is 11.3 Å². The summed E-state index contributed by atoms with van der Waals surface area (Å²) in [6.45, 7) is 6.74. The lowest BCUT2D eigenvalue weighted by Gasteiger charge is -2.58. The van der Waals surface area contributed by atoms with Gasteiger partial charge in [-0.1, -0.05) is 44.9 Å². The average Bonchev–Trinajstić information content (AvgIpc) is 2.59. The van der Waals surface area contributed by atoms with Crippen molar-refractivity contribution in [3.8, 4) is 0 Å². The number of fused-ring (bicyclic) bond motifs is 3. The highest BCUT2D eigenvalue weighted by Crippen LogP contribution is 2.63. The van der Waals surface area contributed by atoms with Crippen LogP contribution in [0, 0.1) is 28.6 Å². The second-order valence-corrected chi connectivity index (χ2v) is 8.72. The first-order chi connectivity index (χ1) is 11.8. The Morgan fingerprint density at radius 2 is 2.04 bits per heavy atom. The topological polar surface area (TPSA) is 66.8 Å². The van der Waals surface area contributed by atoms with Gasteiger partial charge >= 0.3 is 5.97 Å². The molecule has 0 aromatic carbocycles. The van der Waals surface area contributed by atoms with Crippen LogP contribution in [0.25, 0.3) is 0 Å². The van der Waals surface area contributed by atoms with Crippen molar-refractivity contribution in [3.63, 3.8) is 0 Å². The molecule has 4 heteroatoms. The summed E-state index contributed by atoms with van der Waals surface area (Å²) in [6.07, 6.45) is 8.15. The summed E-state index contributed by atoms with van der Waals surface area (Å²) in [7, 11) is 1.35. The molecule has 0 spiro atoms. The summed E-state index contributed by atoms with van der Waals surface area (Å²) in [4.78, 5) is 12.7. The predicted octanol–water partition coefficient (Wildman–Crippen LogP) is 3.59. The molecule has 0 aliphatic heterocycles. The van der Waals surface area contributed by atoms with E-state index in [1.54, 1.807) is 0 Å². The largest absolute Gasteiger partial charge is 0.468 e. The van der Waals surface area contributed by atoms with Crippen LogP contribution in [-0.2, 0) is 9.53 Å². The molecule has 1 fully saturated rings. The van der Waals surface area contributed by atoms with Gasteiger partial charge in [-0.3, -0.25) is 4.79 Å². The molecule has 2 N–H and O–H groups in total. The monoisotopic (exact) mass is 348 g/mol. The Kier molecular flexibility index (Phi) is 4.89. The van der Waals surface area contributed by atoms with Crippen molar-refractivity contribution >= 4 is 5.97 Å². The fourth-order valence-electron chi connectivity index (χ4n) is 5.93. The van der Waals surface area contributed by atoms with E-state index in [0.29, 0.717) is 24.7 Å². The van der Waals surface area contributed by atoms with E-state index in [1.165, 1.54) is 18.3 Å². The number of methoxy groups -OCH3 is 1. The van der Waals surface area contributed by atoms with Crippen LogP contribution in [0.4, 0.5) is 0 Å². The van der Waals surface area contributed by atoms with Gasteiger partial charge in [-0.05, 0) is 60.8 Å². The Bertz CT molecular complexity index is 603. The van der Waals surface area contributed by atoms with E-state index in [0.717, 1.165) is 25.7 Å². The first-order valence-corrected chi connectivity index (χ1v) is 9.62. The van der Waals surface area contributed by atoms with Crippen LogP contribution in [-0.4, -0.2) is 29.6 Å². The molecule has 1 saturated carbocycles. The maximum Gasteiger partial charge on any atom is 0.317 e. The number of hydrogen-bond donors (Lipinski definition) is 2. The van der Waals surface area contributed by atoms with Crippen molar-refractivity contribution in [3.05, 3.63) is 23.3 Å². The van der Waals surface area contributed by atoms with Crippen LogP contribution >= 0.6 is 0 Å². The molecule has 140 valence electrons. The van der Waals surface area contributed by atoms with Gasteiger partial charge in [-0.2, -0.15) is 0 Å². The highest BCUT2D eigenvalue weighted by Gasteiger charge is 2.62.